The number of carbonyl (C=O) groups is 4. The number of nitrogens with zero attached hydrogens (tertiary/aromatic N) is 2. The average molecular weight is 373 g/mol. The Hall–Kier alpha value is -3.07. The van der Waals surface area contributed by atoms with Crippen LogP contribution in [0.25, 0.3) is 17.0 Å². The van der Waals surface area contributed by atoms with Crippen LogP contribution in [0.3, 0.4) is 0 Å². The number of hydrogen-bond donors (Lipinski definition) is 1. The predicted octanol–water partition coefficient (Wildman–Crippen LogP) is 1.34. The summed E-state index contributed by atoms with van der Waals surface area (Å²) in [5.74, 6) is -1.72. The van der Waals surface area contributed by atoms with Gasteiger partial charge in [0.15, 0.2) is 0 Å². The summed E-state index contributed by atoms with van der Waals surface area (Å²) >= 11 is 0.751. The SMILES string of the molecule is COC(=O)CN1C(=O)S/C(=C/c2cn(CC(N)=O)c3ccccc23)C1=O. The monoisotopic (exact) mass is 373 g/mol. The molecule has 26 heavy (non-hydrogen) atoms. The van der Waals surface area contributed by atoms with E-state index in [2.05, 4.69) is 4.74 Å². The van der Waals surface area contributed by atoms with Crippen molar-refractivity contribution in [2.75, 3.05) is 13.7 Å². The molecule has 9 heteroatoms. The molecule has 134 valence electrons. The van der Waals surface area contributed by atoms with Crippen molar-refractivity contribution in [3.8, 4) is 0 Å². The Morgan fingerprint density at radius 3 is 2.65 bits per heavy atom. The number of methoxy groups -OCH3 is 1. The zero-order chi connectivity index (χ0) is 18.8. The van der Waals surface area contributed by atoms with E-state index in [1.165, 1.54) is 7.11 Å². The number of rotatable bonds is 5. The summed E-state index contributed by atoms with van der Waals surface area (Å²) in [6.45, 7) is -0.430. The Labute approximate surface area is 152 Å². The second-order valence-corrected chi connectivity index (χ2v) is 6.53. The molecule has 1 aliphatic rings. The third-order valence-corrected chi connectivity index (χ3v) is 4.73. The van der Waals surface area contributed by atoms with Crippen LogP contribution < -0.4 is 5.73 Å². The van der Waals surface area contributed by atoms with Crippen LogP contribution in [-0.4, -0.2) is 46.1 Å². The van der Waals surface area contributed by atoms with Crippen LogP contribution in [0.5, 0.6) is 0 Å². The first-order valence-electron chi connectivity index (χ1n) is 7.59. The fourth-order valence-corrected chi connectivity index (χ4v) is 3.49. The van der Waals surface area contributed by atoms with Gasteiger partial charge in [0.2, 0.25) is 5.91 Å². The van der Waals surface area contributed by atoms with Crippen molar-refractivity contribution in [1.29, 1.82) is 0 Å². The van der Waals surface area contributed by atoms with Crippen molar-refractivity contribution in [2.24, 2.45) is 5.73 Å². The van der Waals surface area contributed by atoms with Crippen LogP contribution >= 0.6 is 11.8 Å². The summed E-state index contributed by atoms with van der Waals surface area (Å²) in [5.41, 5.74) is 6.73. The summed E-state index contributed by atoms with van der Waals surface area (Å²) in [4.78, 5) is 48.1. The summed E-state index contributed by atoms with van der Waals surface area (Å²) in [6, 6.07) is 7.33. The topological polar surface area (TPSA) is 112 Å². The fourth-order valence-electron chi connectivity index (χ4n) is 2.66. The molecule has 3 amide bonds. The third-order valence-electron chi connectivity index (χ3n) is 3.82. The van der Waals surface area contributed by atoms with E-state index < -0.39 is 29.6 Å². The van der Waals surface area contributed by atoms with Crippen LogP contribution in [0.15, 0.2) is 35.4 Å². The van der Waals surface area contributed by atoms with Gasteiger partial charge in [0, 0.05) is 22.7 Å². The number of nitrogens with two attached hydrogens (primary N) is 1. The van der Waals surface area contributed by atoms with Crippen LogP contribution in [0.4, 0.5) is 4.79 Å². The first-order valence-corrected chi connectivity index (χ1v) is 8.40. The normalized spacial score (nSPS) is 15.9. The molecule has 0 saturated carbocycles. The highest BCUT2D eigenvalue weighted by Gasteiger charge is 2.36. The standard InChI is InChI=1S/C17H15N3O5S/c1-25-15(22)9-20-16(23)13(26-17(20)24)6-10-7-19(8-14(18)21)12-5-3-2-4-11(10)12/h2-7H,8-9H2,1H3,(H2,18,21)/b13-6+. The van der Waals surface area contributed by atoms with E-state index in [9.17, 15) is 19.2 Å². The van der Waals surface area contributed by atoms with E-state index in [0.29, 0.717) is 5.56 Å². The van der Waals surface area contributed by atoms with Crippen LogP contribution in [0, 0.1) is 0 Å². The number of primary amides is 1. The molecule has 2 heterocycles. The molecule has 0 spiro atoms. The van der Waals surface area contributed by atoms with Crippen LogP contribution in [0.1, 0.15) is 5.56 Å². The Balaban J connectivity index is 1.98. The zero-order valence-corrected chi connectivity index (χ0v) is 14.6. The first-order chi connectivity index (χ1) is 12.4. The zero-order valence-electron chi connectivity index (χ0n) is 13.8. The molecule has 0 unspecified atom stereocenters. The summed E-state index contributed by atoms with van der Waals surface area (Å²) in [7, 11) is 1.19. The molecule has 0 bridgehead atoms. The molecular weight excluding hydrogens is 358 g/mol. The van der Waals surface area contributed by atoms with Crippen molar-refractivity contribution >= 4 is 51.8 Å². The molecule has 2 N–H and O–H groups in total. The molecule has 1 aromatic carbocycles. The third kappa shape index (κ3) is 3.33. The predicted molar refractivity (Wildman–Crippen MR) is 95.8 cm³/mol. The number of imide groups is 1. The maximum absolute atomic E-state index is 12.4. The van der Waals surface area contributed by atoms with Gasteiger partial charge in [-0.3, -0.25) is 24.1 Å². The summed E-state index contributed by atoms with van der Waals surface area (Å²) in [5, 5.41) is 0.279. The Bertz CT molecular complexity index is 962. The summed E-state index contributed by atoms with van der Waals surface area (Å²) < 4.78 is 6.18. The van der Waals surface area contributed by atoms with Crippen molar-refractivity contribution in [1.82, 2.24) is 9.47 Å². The highest BCUT2D eigenvalue weighted by molar-refractivity contribution is 8.18. The number of amides is 3. The molecule has 1 aromatic heterocycles. The minimum atomic E-state index is -0.674. The lowest BCUT2D eigenvalue weighted by Gasteiger charge is -2.09. The van der Waals surface area contributed by atoms with E-state index in [0.717, 1.165) is 27.6 Å². The lowest BCUT2D eigenvalue weighted by atomic mass is 10.1. The van der Waals surface area contributed by atoms with Gasteiger partial charge < -0.3 is 15.0 Å². The number of para-hydroxylation sites is 1. The van der Waals surface area contributed by atoms with E-state index in [-0.39, 0.29) is 11.4 Å². The highest BCUT2D eigenvalue weighted by atomic mass is 32.2. The van der Waals surface area contributed by atoms with Gasteiger partial charge in [0.05, 0.1) is 12.0 Å². The molecular formula is C17H15N3O5S. The smallest absolute Gasteiger partial charge is 0.325 e. The van der Waals surface area contributed by atoms with Gasteiger partial charge in [-0.1, -0.05) is 18.2 Å². The number of carbonyl (C=O) groups excluding carboxylic acids is 4. The molecule has 0 radical (unpaired) electrons. The van der Waals surface area contributed by atoms with Crippen LogP contribution in [0.2, 0.25) is 0 Å². The Morgan fingerprint density at radius 2 is 1.96 bits per heavy atom. The largest absolute Gasteiger partial charge is 0.468 e. The summed E-state index contributed by atoms with van der Waals surface area (Å²) in [6.07, 6.45) is 3.27. The number of ether oxygens (including phenoxy) is 1. The van der Waals surface area contributed by atoms with Crippen LogP contribution in [-0.2, 0) is 25.7 Å². The number of hydrogen-bond acceptors (Lipinski definition) is 6. The number of thioether (sulfide) groups is 1. The molecule has 1 saturated heterocycles. The molecule has 1 fully saturated rings. The van der Waals surface area contributed by atoms with Gasteiger partial charge in [-0.25, -0.2) is 0 Å². The van der Waals surface area contributed by atoms with Crippen molar-refractivity contribution in [2.45, 2.75) is 6.54 Å². The van der Waals surface area contributed by atoms with Gasteiger partial charge in [-0.05, 0) is 23.9 Å². The van der Waals surface area contributed by atoms with Gasteiger partial charge >= 0.3 is 5.97 Å². The lowest BCUT2D eigenvalue weighted by Crippen LogP contribution is -2.34. The second-order valence-electron chi connectivity index (χ2n) is 5.54. The maximum Gasteiger partial charge on any atom is 0.325 e. The number of benzene rings is 1. The molecule has 0 atom stereocenters. The van der Waals surface area contributed by atoms with Gasteiger partial charge in [-0.2, -0.15) is 0 Å². The molecule has 8 nitrogen and oxygen atoms in total. The minimum absolute atomic E-state index is 0.00181. The average Bonchev–Trinajstić information content (AvgIpc) is 3.07. The van der Waals surface area contributed by atoms with E-state index in [1.54, 1.807) is 16.8 Å². The van der Waals surface area contributed by atoms with Gasteiger partial charge in [0.1, 0.15) is 13.1 Å². The number of fused-ring (bicyclic) bond motifs is 1. The second kappa shape index (κ2) is 7.04. The molecule has 2 aromatic rings. The van der Waals surface area contributed by atoms with Gasteiger partial charge in [-0.15, -0.1) is 0 Å². The Morgan fingerprint density at radius 1 is 1.23 bits per heavy atom. The van der Waals surface area contributed by atoms with E-state index in [4.69, 9.17) is 5.73 Å². The lowest BCUT2D eigenvalue weighted by molar-refractivity contribution is -0.143. The highest BCUT2D eigenvalue weighted by Crippen LogP contribution is 2.34. The molecule has 3 rings (SSSR count). The van der Waals surface area contributed by atoms with E-state index in [1.807, 2.05) is 24.3 Å². The molecule has 1 aliphatic heterocycles. The van der Waals surface area contributed by atoms with Crippen molar-refractivity contribution in [3.05, 3.63) is 40.9 Å². The number of esters is 1. The fraction of sp³-hybridized carbons (Fsp3) is 0.176. The number of aromatic nitrogens is 1. The van der Waals surface area contributed by atoms with Gasteiger partial charge in [0.25, 0.3) is 11.1 Å². The Kier molecular flexibility index (Phi) is 4.81. The quantitative estimate of drug-likeness (QED) is 0.625. The first kappa shape index (κ1) is 17.7. The maximum atomic E-state index is 12.4. The van der Waals surface area contributed by atoms with Crippen molar-refractivity contribution in [3.63, 3.8) is 0 Å². The van der Waals surface area contributed by atoms with Crippen molar-refractivity contribution < 1.29 is 23.9 Å². The minimum Gasteiger partial charge on any atom is -0.468 e. The van der Waals surface area contributed by atoms with E-state index >= 15 is 0 Å². The molecule has 0 aliphatic carbocycles.